The first-order chi connectivity index (χ1) is 13.2. The lowest BCUT2D eigenvalue weighted by Crippen LogP contribution is -2.74. The van der Waals surface area contributed by atoms with Crippen LogP contribution in [0.15, 0.2) is 36.7 Å². The van der Waals surface area contributed by atoms with Crippen molar-refractivity contribution in [3.8, 4) is 0 Å². The quantitative estimate of drug-likeness (QED) is 0.647. The van der Waals surface area contributed by atoms with Crippen molar-refractivity contribution < 1.29 is 9.53 Å². The molecule has 8 heteroatoms. The molecular weight excluding hydrogens is 423 g/mol. The summed E-state index contributed by atoms with van der Waals surface area (Å²) in [6.45, 7) is 11.6. The van der Waals surface area contributed by atoms with E-state index in [9.17, 15) is 4.79 Å². The van der Waals surface area contributed by atoms with Crippen LogP contribution in [0.1, 0.15) is 58.3 Å². The summed E-state index contributed by atoms with van der Waals surface area (Å²) in [7, 11) is 0. The van der Waals surface area contributed by atoms with Gasteiger partial charge in [0.1, 0.15) is 11.4 Å². The molecule has 6 nitrogen and oxygen atoms in total. The average Bonchev–Trinajstić information content (AvgIpc) is 3.10. The zero-order chi connectivity index (χ0) is 20.5. The maximum absolute atomic E-state index is 12.9. The van der Waals surface area contributed by atoms with Crippen molar-refractivity contribution in [3.63, 3.8) is 0 Å². The predicted molar refractivity (Wildman–Crippen MR) is 126 cm³/mol. The molecule has 1 fully saturated rings. The number of hydrogen-bond acceptors (Lipinski definition) is 4. The van der Waals surface area contributed by atoms with Crippen molar-refractivity contribution in [3.05, 3.63) is 48.0 Å². The molecule has 1 heterocycles. The standard InChI is InChI=1S/C22H32N4O2.2ClH/c1-6-28-18-13-22(23,21(18,4)5)20(27)25-17-9-7-8-16(12-17)14-26-11-10-24-19(26)15(2)3;;/h7-12,15,18H,6,13-14,23H2,1-5H3,(H,25,27);2*1H. The van der Waals surface area contributed by atoms with Gasteiger partial charge in [0.05, 0.1) is 6.10 Å². The zero-order valence-corrected chi connectivity index (χ0v) is 20.0. The second-order valence-electron chi connectivity index (χ2n) is 8.56. The van der Waals surface area contributed by atoms with Crippen molar-refractivity contribution >= 4 is 36.4 Å². The van der Waals surface area contributed by atoms with Crippen LogP contribution in [-0.4, -0.2) is 33.7 Å². The van der Waals surface area contributed by atoms with E-state index in [0.29, 0.717) is 25.5 Å². The molecule has 0 spiro atoms. The van der Waals surface area contributed by atoms with Crippen LogP contribution < -0.4 is 11.1 Å². The molecule has 1 amide bonds. The van der Waals surface area contributed by atoms with E-state index in [1.807, 2.05) is 51.4 Å². The van der Waals surface area contributed by atoms with Gasteiger partial charge in [-0.15, -0.1) is 24.8 Å². The van der Waals surface area contributed by atoms with Gasteiger partial charge in [0, 0.05) is 49.0 Å². The maximum Gasteiger partial charge on any atom is 0.245 e. The summed E-state index contributed by atoms with van der Waals surface area (Å²) in [6.07, 6.45) is 4.36. The van der Waals surface area contributed by atoms with Crippen LogP contribution in [0.2, 0.25) is 0 Å². The van der Waals surface area contributed by atoms with Crippen LogP contribution in [-0.2, 0) is 16.1 Å². The fraction of sp³-hybridized carbons (Fsp3) is 0.545. The summed E-state index contributed by atoms with van der Waals surface area (Å²) in [5.74, 6) is 1.25. The molecule has 1 aromatic heterocycles. The van der Waals surface area contributed by atoms with E-state index in [0.717, 1.165) is 17.1 Å². The number of nitrogens with zero attached hydrogens (tertiary/aromatic N) is 2. The molecule has 0 bridgehead atoms. The fourth-order valence-electron chi connectivity index (χ4n) is 3.96. The molecular formula is C22H34Cl2N4O2. The molecule has 1 aliphatic carbocycles. The van der Waals surface area contributed by atoms with E-state index >= 15 is 0 Å². The van der Waals surface area contributed by atoms with Crippen LogP contribution in [0.5, 0.6) is 0 Å². The summed E-state index contributed by atoms with van der Waals surface area (Å²) in [6, 6.07) is 7.90. The molecule has 2 unspecified atom stereocenters. The number of amides is 1. The van der Waals surface area contributed by atoms with Crippen molar-refractivity contribution in [1.82, 2.24) is 9.55 Å². The van der Waals surface area contributed by atoms with Crippen LogP contribution >= 0.6 is 24.8 Å². The number of halogens is 2. The monoisotopic (exact) mass is 456 g/mol. The zero-order valence-electron chi connectivity index (χ0n) is 18.3. The third-order valence-electron chi connectivity index (χ3n) is 6.04. The molecule has 1 saturated carbocycles. The smallest absolute Gasteiger partial charge is 0.245 e. The van der Waals surface area contributed by atoms with Crippen molar-refractivity contribution in [2.24, 2.45) is 11.1 Å². The molecule has 2 atom stereocenters. The molecule has 0 aliphatic heterocycles. The lowest BCUT2D eigenvalue weighted by molar-refractivity contribution is -0.166. The molecule has 1 aromatic carbocycles. The molecule has 30 heavy (non-hydrogen) atoms. The number of benzene rings is 1. The third-order valence-corrected chi connectivity index (χ3v) is 6.04. The number of ether oxygens (including phenoxy) is 1. The van der Waals surface area contributed by atoms with Gasteiger partial charge < -0.3 is 20.4 Å². The number of carbonyl (C=O) groups excluding carboxylic acids is 1. The summed E-state index contributed by atoms with van der Waals surface area (Å²) in [5.41, 5.74) is 7.01. The Morgan fingerprint density at radius 1 is 1.37 bits per heavy atom. The first-order valence-electron chi connectivity index (χ1n) is 10.0. The number of rotatable bonds is 7. The van der Waals surface area contributed by atoms with Gasteiger partial charge in [-0.25, -0.2) is 4.98 Å². The minimum absolute atomic E-state index is 0. The van der Waals surface area contributed by atoms with E-state index < -0.39 is 11.0 Å². The number of aromatic nitrogens is 2. The highest BCUT2D eigenvalue weighted by Gasteiger charge is 2.62. The van der Waals surface area contributed by atoms with Crippen LogP contribution in [0.25, 0.3) is 0 Å². The Morgan fingerprint density at radius 3 is 2.67 bits per heavy atom. The fourth-order valence-corrected chi connectivity index (χ4v) is 3.96. The van der Waals surface area contributed by atoms with Crippen molar-refractivity contribution in [2.75, 3.05) is 11.9 Å². The van der Waals surface area contributed by atoms with Crippen LogP contribution in [0, 0.1) is 5.41 Å². The van der Waals surface area contributed by atoms with Gasteiger partial charge in [-0.2, -0.15) is 0 Å². The minimum atomic E-state index is -0.933. The van der Waals surface area contributed by atoms with Gasteiger partial charge in [-0.3, -0.25) is 4.79 Å². The highest BCUT2D eigenvalue weighted by atomic mass is 35.5. The number of nitrogens with two attached hydrogens (primary N) is 1. The number of imidazole rings is 1. The predicted octanol–water partition coefficient (Wildman–Crippen LogP) is 4.37. The normalized spacial score (nSPS) is 21.9. The molecule has 0 saturated heterocycles. The van der Waals surface area contributed by atoms with E-state index in [2.05, 4.69) is 34.8 Å². The van der Waals surface area contributed by atoms with Gasteiger partial charge in [-0.05, 0) is 24.6 Å². The summed E-state index contributed by atoms with van der Waals surface area (Å²) >= 11 is 0. The molecule has 1 aliphatic rings. The largest absolute Gasteiger partial charge is 0.378 e. The third kappa shape index (κ3) is 4.83. The summed E-state index contributed by atoms with van der Waals surface area (Å²) in [4.78, 5) is 17.4. The molecule has 3 rings (SSSR count). The Hall–Kier alpha value is -1.60. The Labute approximate surface area is 191 Å². The number of carbonyl (C=O) groups is 1. The number of nitrogens with one attached hydrogen (secondary N) is 1. The first kappa shape index (κ1) is 26.4. The number of anilines is 1. The van der Waals surface area contributed by atoms with Crippen molar-refractivity contribution in [1.29, 1.82) is 0 Å². The highest BCUT2D eigenvalue weighted by Crippen LogP contribution is 2.50. The Kier molecular flexibility index (Phi) is 8.93. The van der Waals surface area contributed by atoms with Gasteiger partial charge in [-0.1, -0.05) is 39.8 Å². The SMILES string of the molecule is CCOC1CC(N)(C(=O)Nc2cccc(Cn3ccnc3C(C)C)c2)C1(C)C.Cl.Cl. The van der Waals surface area contributed by atoms with E-state index in [1.54, 1.807) is 0 Å². The van der Waals surface area contributed by atoms with Crippen molar-refractivity contribution in [2.45, 2.75) is 65.1 Å². The Bertz CT molecular complexity index is 853. The summed E-state index contributed by atoms with van der Waals surface area (Å²) in [5, 5.41) is 3.02. The van der Waals surface area contributed by atoms with Crippen LogP contribution in [0.3, 0.4) is 0 Å². The topological polar surface area (TPSA) is 82.2 Å². The lowest BCUT2D eigenvalue weighted by Gasteiger charge is -2.57. The number of hydrogen-bond donors (Lipinski definition) is 2. The molecule has 3 N–H and O–H groups in total. The second kappa shape index (κ2) is 10.1. The summed E-state index contributed by atoms with van der Waals surface area (Å²) < 4.78 is 7.87. The van der Waals surface area contributed by atoms with Gasteiger partial charge in [0.2, 0.25) is 5.91 Å². The first-order valence-corrected chi connectivity index (χ1v) is 10.0. The van der Waals surface area contributed by atoms with E-state index in [1.165, 1.54) is 0 Å². The Balaban J connectivity index is 0.00000225. The minimum Gasteiger partial charge on any atom is -0.378 e. The molecule has 2 aromatic rings. The second-order valence-corrected chi connectivity index (χ2v) is 8.56. The van der Waals surface area contributed by atoms with E-state index in [4.69, 9.17) is 10.5 Å². The van der Waals surface area contributed by atoms with E-state index in [-0.39, 0.29) is 36.8 Å². The molecule has 0 radical (unpaired) electrons. The van der Waals surface area contributed by atoms with Gasteiger partial charge in [0.15, 0.2) is 0 Å². The maximum atomic E-state index is 12.9. The molecule has 168 valence electrons. The van der Waals surface area contributed by atoms with Gasteiger partial charge >= 0.3 is 0 Å². The lowest BCUT2D eigenvalue weighted by atomic mass is 9.54. The highest BCUT2D eigenvalue weighted by molar-refractivity contribution is 5.99. The Morgan fingerprint density at radius 2 is 2.07 bits per heavy atom. The van der Waals surface area contributed by atoms with Gasteiger partial charge in [0.25, 0.3) is 0 Å². The van der Waals surface area contributed by atoms with Crippen LogP contribution in [0.4, 0.5) is 5.69 Å². The average molecular weight is 457 g/mol.